The van der Waals surface area contributed by atoms with Crippen molar-refractivity contribution >= 4 is 10.4 Å². The summed E-state index contributed by atoms with van der Waals surface area (Å²) < 4.78 is 37.5. The molecule has 0 radical (unpaired) electrons. The van der Waals surface area contributed by atoms with Gasteiger partial charge in [0.1, 0.15) is 18.3 Å². The zero-order valence-corrected chi connectivity index (χ0v) is 7.35. The summed E-state index contributed by atoms with van der Waals surface area (Å²) in [4.78, 5) is 0. The largest absolute Gasteiger partial charge is 0.397 e. The van der Waals surface area contributed by atoms with E-state index in [2.05, 4.69) is 8.92 Å². The molecular formula is C5H10O7S. The van der Waals surface area contributed by atoms with E-state index in [0.29, 0.717) is 0 Å². The van der Waals surface area contributed by atoms with Gasteiger partial charge >= 0.3 is 10.4 Å². The van der Waals surface area contributed by atoms with Gasteiger partial charge in [-0.1, -0.05) is 0 Å². The average molecular weight is 214 g/mol. The van der Waals surface area contributed by atoms with Crippen LogP contribution in [0.3, 0.4) is 0 Å². The molecule has 0 aromatic heterocycles. The molecule has 78 valence electrons. The van der Waals surface area contributed by atoms with Crippen LogP contribution in [0.1, 0.15) is 0 Å². The Labute approximate surface area is 74.8 Å². The second kappa shape index (κ2) is 3.86. The quantitative estimate of drug-likeness (QED) is 0.452. The minimum absolute atomic E-state index is 0.142. The molecular weight excluding hydrogens is 204 g/mol. The molecule has 8 heteroatoms. The van der Waals surface area contributed by atoms with E-state index in [4.69, 9.17) is 14.8 Å². The summed E-state index contributed by atoms with van der Waals surface area (Å²) in [6.07, 6.45) is -3.92. The Hall–Kier alpha value is -0.250. The van der Waals surface area contributed by atoms with Gasteiger partial charge in [0.15, 0.2) is 0 Å². The van der Waals surface area contributed by atoms with E-state index in [1.807, 2.05) is 0 Å². The maximum Gasteiger partial charge on any atom is 0.397 e. The van der Waals surface area contributed by atoms with Crippen LogP contribution in [0.15, 0.2) is 0 Å². The third kappa shape index (κ3) is 3.18. The minimum atomic E-state index is -4.67. The Morgan fingerprint density at radius 3 is 2.08 bits per heavy atom. The first kappa shape index (κ1) is 10.8. The number of hydrogen-bond acceptors (Lipinski definition) is 6. The zero-order chi connectivity index (χ0) is 10.1. The number of aliphatic hydroxyl groups is 2. The second-order valence-electron chi connectivity index (χ2n) is 2.66. The molecule has 13 heavy (non-hydrogen) atoms. The first-order valence-corrected chi connectivity index (χ1v) is 4.86. The zero-order valence-electron chi connectivity index (χ0n) is 6.53. The van der Waals surface area contributed by atoms with E-state index in [1.165, 1.54) is 0 Å². The van der Waals surface area contributed by atoms with E-state index in [9.17, 15) is 8.42 Å². The molecule has 1 fully saturated rings. The molecule has 1 rings (SSSR count). The van der Waals surface area contributed by atoms with Crippen LogP contribution in [0.4, 0.5) is 0 Å². The molecule has 0 amide bonds. The van der Waals surface area contributed by atoms with Gasteiger partial charge in [-0.3, -0.25) is 4.55 Å². The summed E-state index contributed by atoms with van der Waals surface area (Å²) in [7, 11) is -4.67. The van der Waals surface area contributed by atoms with Gasteiger partial charge in [-0.15, -0.1) is 0 Å². The maximum atomic E-state index is 10.3. The van der Waals surface area contributed by atoms with Crippen LogP contribution in [0, 0.1) is 0 Å². The molecule has 1 aliphatic rings. The van der Waals surface area contributed by atoms with Crippen molar-refractivity contribution in [1.29, 1.82) is 0 Å². The van der Waals surface area contributed by atoms with Crippen LogP contribution in [-0.4, -0.2) is 54.7 Å². The fourth-order valence-corrected chi connectivity index (χ4v) is 1.56. The minimum Gasteiger partial charge on any atom is -0.388 e. The van der Waals surface area contributed by atoms with E-state index in [1.54, 1.807) is 0 Å². The fourth-order valence-electron chi connectivity index (χ4n) is 1.02. The molecule has 1 aliphatic heterocycles. The Kier molecular flexibility index (Phi) is 3.22. The lowest BCUT2D eigenvalue weighted by atomic mass is 10.1. The Bertz CT molecular complexity index is 250. The molecule has 2 atom stereocenters. The van der Waals surface area contributed by atoms with Crippen molar-refractivity contribution in [2.75, 3.05) is 13.2 Å². The summed E-state index contributed by atoms with van der Waals surface area (Å²) in [6.45, 7) is -0.283. The van der Waals surface area contributed by atoms with Crippen molar-refractivity contribution in [3.63, 3.8) is 0 Å². The van der Waals surface area contributed by atoms with Crippen molar-refractivity contribution < 1.29 is 32.1 Å². The summed E-state index contributed by atoms with van der Waals surface area (Å²) in [5, 5.41) is 18.2. The van der Waals surface area contributed by atoms with Crippen LogP contribution in [0.25, 0.3) is 0 Å². The van der Waals surface area contributed by atoms with E-state index >= 15 is 0 Å². The van der Waals surface area contributed by atoms with Crippen LogP contribution >= 0.6 is 0 Å². The molecule has 0 unspecified atom stereocenters. The van der Waals surface area contributed by atoms with Gasteiger partial charge in [0.05, 0.1) is 13.2 Å². The molecule has 0 aromatic rings. The predicted molar refractivity (Wildman–Crippen MR) is 39.3 cm³/mol. The molecule has 1 saturated heterocycles. The molecule has 0 aromatic carbocycles. The Balaban J connectivity index is 2.64. The fraction of sp³-hybridized carbons (Fsp3) is 1.00. The van der Waals surface area contributed by atoms with Gasteiger partial charge in [0, 0.05) is 0 Å². The van der Waals surface area contributed by atoms with Crippen LogP contribution in [0.5, 0.6) is 0 Å². The smallest absolute Gasteiger partial charge is 0.388 e. The Morgan fingerprint density at radius 1 is 1.23 bits per heavy atom. The molecule has 1 heterocycles. The van der Waals surface area contributed by atoms with Gasteiger partial charge in [0.2, 0.25) is 0 Å². The highest BCUT2D eigenvalue weighted by Crippen LogP contribution is 2.14. The van der Waals surface area contributed by atoms with Crippen LogP contribution in [-0.2, 0) is 19.3 Å². The van der Waals surface area contributed by atoms with Gasteiger partial charge in [-0.2, -0.15) is 8.42 Å². The number of ether oxygens (including phenoxy) is 1. The number of hydrogen-bond donors (Lipinski definition) is 3. The highest BCUT2D eigenvalue weighted by atomic mass is 32.3. The van der Waals surface area contributed by atoms with Crippen LogP contribution in [0.2, 0.25) is 0 Å². The third-order valence-electron chi connectivity index (χ3n) is 1.57. The maximum absolute atomic E-state index is 10.3. The topological polar surface area (TPSA) is 113 Å². The van der Waals surface area contributed by atoms with Crippen molar-refractivity contribution in [2.24, 2.45) is 0 Å². The summed E-state index contributed by atoms with van der Waals surface area (Å²) >= 11 is 0. The molecule has 0 spiro atoms. The lowest BCUT2D eigenvalue weighted by Gasteiger charge is -2.30. The van der Waals surface area contributed by atoms with Gasteiger partial charge in [-0.25, -0.2) is 4.18 Å². The first-order valence-electron chi connectivity index (χ1n) is 3.50. The number of rotatable bonds is 2. The normalized spacial score (nSPS) is 31.9. The van der Waals surface area contributed by atoms with Crippen molar-refractivity contribution in [3.8, 4) is 0 Å². The van der Waals surface area contributed by atoms with Crippen molar-refractivity contribution in [2.45, 2.75) is 18.3 Å². The van der Waals surface area contributed by atoms with Crippen LogP contribution < -0.4 is 0 Å². The van der Waals surface area contributed by atoms with E-state index in [-0.39, 0.29) is 13.2 Å². The Morgan fingerprint density at radius 2 is 1.69 bits per heavy atom. The monoisotopic (exact) mass is 214 g/mol. The molecule has 0 bridgehead atoms. The standard InChI is InChI=1S/C5H10O7S/c6-3-1-11-2-4(7)5(3)12-13(8,9)10/h3-7H,1-2H2,(H,8,9,10)/t3-,4-/m0/s1. The number of aliphatic hydroxyl groups excluding tert-OH is 2. The van der Waals surface area contributed by atoms with E-state index < -0.39 is 28.7 Å². The highest BCUT2D eigenvalue weighted by molar-refractivity contribution is 7.80. The highest BCUT2D eigenvalue weighted by Gasteiger charge is 2.35. The lowest BCUT2D eigenvalue weighted by Crippen LogP contribution is -2.49. The predicted octanol–water partition coefficient (Wildman–Crippen LogP) is -2.07. The molecule has 3 N–H and O–H groups in total. The third-order valence-corrected chi connectivity index (χ3v) is 2.03. The summed E-state index contributed by atoms with van der Waals surface area (Å²) in [5.41, 5.74) is 0. The average Bonchev–Trinajstić information content (AvgIpc) is 1.95. The summed E-state index contributed by atoms with van der Waals surface area (Å²) in [6, 6.07) is 0. The van der Waals surface area contributed by atoms with Crippen molar-refractivity contribution in [1.82, 2.24) is 0 Å². The van der Waals surface area contributed by atoms with Gasteiger partial charge < -0.3 is 14.9 Å². The first-order chi connectivity index (χ1) is 5.90. The molecule has 0 saturated carbocycles. The van der Waals surface area contributed by atoms with Gasteiger partial charge in [0.25, 0.3) is 0 Å². The molecule has 7 nitrogen and oxygen atoms in total. The SMILES string of the molecule is O=S(=O)(O)OC1[C@@H](O)COC[C@@H]1O. The molecule has 0 aliphatic carbocycles. The summed E-state index contributed by atoms with van der Waals surface area (Å²) in [5.74, 6) is 0. The van der Waals surface area contributed by atoms with Gasteiger partial charge in [-0.05, 0) is 0 Å². The second-order valence-corrected chi connectivity index (χ2v) is 3.71. The lowest BCUT2D eigenvalue weighted by molar-refractivity contribution is -0.141. The van der Waals surface area contributed by atoms with E-state index in [0.717, 1.165) is 0 Å². The van der Waals surface area contributed by atoms with Crippen molar-refractivity contribution in [3.05, 3.63) is 0 Å².